The molecule has 110 valence electrons. The average Bonchev–Trinajstić information content (AvgIpc) is 3.28. The molecule has 0 unspecified atom stereocenters. The maximum Gasteiger partial charge on any atom is 0.227 e. The van der Waals surface area contributed by atoms with Crippen molar-refractivity contribution in [2.45, 2.75) is 32.6 Å². The molecular formula is C16H18IN3O. The maximum atomic E-state index is 6.00. The lowest BCUT2D eigenvalue weighted by molar-refractivity contribution is 0.454. The molecule has 1 fully saturated rings. The van der Waals surface area contributed by atoms with E-state index in [0.717, 1.165) is 33.1 Å². The molecule has 21 heavy (non-hydrogen) atoms. The number of aromatic nitrogens is 2. The number of nitrogens with zero attached hydrogens (tertiary/aromatic N) is 2. The van der Waals surface area contributed by atoms with Gasteiger partial charge >= 0.3 is 0 Å². The Morgan fingerprint density at radius 1 is 1.33 bits per heavy atom. The molecule has 1 aliphatic rings. The highest BCUT2D eigenvalue weighted by Crippen LogP contribution is 2.40. The van der Waals surface area contributed by atoms with Gasteiger partial charge in [-0.05, 0) is 67.5 Å². The predicted octanol–water partition coefficient (Wildman–Crippen LogP) is 4.49. The van der Waals surface area contributed by atoms with Gasteiger partial charge in [0, 0.05) is 16.0 Å². The Balaban J connectivity index is 1.95. The second kappa shape index (κ2) is 6.17. The van der Waals surface area contributed by atoms with Crippen LogP contribution in [0.3, 0.4) is 0 Å². The van der Waals surface area contributed by atoms with Crippen molar-refractivity contribution in [1.82, 2.24) is 9.97 Å². The zero-order chi connectivity index (χ0) is 14.8. The number of nitrogens with one attached hydrogen (secondary N) is 1. The summed E-state index contributed by atoms with van der Waals surface area (Å²) < 4.78 is 7.14. The normalized spacial score (nSPS) is 14.0. The highest BCUT2D eigenvalue weighted by Gasteiger charge is 2.28. The molecule has 5 heteroatoms. The number of rotatable bonds is 5. The van der Waals surface area contributed by atoms with Gasteiger partial charge in [-0.3, -0.25) is 0 Å². The molecule has 1 aromatic carbocycles. The van der Waals surface area contributed by atoms with Crippen molar-refractivity contribution in [2.24, 2.45) is 0 Å². The molecule has 1 aromatic heterocycles. The van der Waals surface area contributed by atoms with Crippen molar-refractivity contribution in [3.8, 4) is 11.6 Å². The molecule has 0 amide bonds. The topological polar surface area (TPSA) is 47.0 Å². The highest BCUT2D eigenvalue weighted by atomic mass is 127. The Hall–Kier alpha value is -1.37. The third-order valence-corrected chi connectivity index (χ3v) is 4.09. The molecule has 1 aliphatic carbocycles. The molecule has 0 aliphatic heterocycles. The Morgan fingerprint density at radius 3 is 2.81 bits per heavy atom. The summed E-state index contributed by atoms with van der Waals surface area (Å²) in [5.41, 5.74) is 0.958. The molecule has 1 N–H and O–H groups in total. The lowest BCUT2D eigenvalue weighted by atomic mass is 10.3. The van der Waals surface area contributed by atoms with Crippen molar-refractivity contribution in [3.63, 3.8) is 0 Å². The second-order valence-electron chi connectivity index (χ2n) is 5.22. The first-order chi connectivity index (χ1) is 10.2. The summed E-state index contributed by atoms with van der Waals surface area (Å²) in [5.74, 6) is 3.76. The van der Waals surface area contributed by atoms with Gasteiger partial charge in [-0.2, -0.15) is 4.98 Å². The van der Waals surface area contributed by atoms with E-state index in [9.17, 15) is 0 Å². The summed E-state index contributed by atoms with van der Waals surface area (Å²) >= 11 is 2.28. The summed E-state index contributed by atoms with van der Waals surface area (Å²) in [6.07, 6.45) is 2.36. The van der Waals surface area contributed by atoms with Crippen LogP contribution >= 0.6 is 22.6 Å². The van der Waals surface area contributed by atoms with Crippen LogP contribution in [-0.4, -0.2) is 16.5 Å². The van der Waals surface area contributed by atoms with Gasteiger partial charge in [0.05, 0.1) is 5.56 Å². The Labute approximate surface area is 138 Å². The Morgan fingerprint density at radius 2 is 2.14 bits per heavy atom. The smallest absolute Gasteiger partial charge is 0.227 e. The molecular weight excluding hydrogens is 377 g/mol. The van der Waals surface area contributed by atoms with Crippen LogP contribution in [0.15, 0.2) is 24.3 Å². The van der Waals surface area contributed by atoms with E-state index >= 15 is 0 Å². The minimum absolute atomic E-state index is 0.501. The molecule has 0 radical (unpaired) electrons. The largest absolute Gasteiger partial charge is 0.439 e. The Bertz CT molecular complexity index is 656. The fourth-order valence-corrected chi connectivity index (χ4v) is 2.63. The summed E-state index contributed by atoms with van der Waals surface area (Å²) in [6, 6.07) is 7.99. The van der Waals surface area contributed by atoms with E-state index in [1.807, 2.05) is 31.2 Å². The summed E-state index contributed by atoms with van der Waals surface area (Å²) in [4.78, 5) is 9.27. The molecule has 0 atom stereocenters. The first-order valence-corrected chi connectivity index (χ1v) is 8.31. The molecule has 0 bridgehead atoms. The van der Waals surface area contributed by atoms with Crippen molar-refractivity contribution in [1.29, 1.82) is 0 Å². The van der Waals surface area contributed by atoms with Gasteiger partial charge in [-0.1, -0.05) is 6.07 Å². The van der Waals surface area contributed by atoms with Crippen LogP contribution in [0.5, 0.6) is 11.6 Å². The van der Waals surface area contributed by atoms with Crippen LogP contribution in [0.1, 0.15) is 37.1 Å². The third-order valence-electron chi connectivity index (χ3n) is 3.42. The predicted molar refractivity (Wildman–Crippen MR) is 92.1 cm³/mol. The first kappa shape index (κ1) is 14.6. The Kier molecular flexibility index (Phi) is 4.28. The molecule has 3 rings (SSSR count). The fraction of sp³-hybridized carbons (Fsp3) is 0.375. The van der Waals surface area contributed by atoms with E-state index in [1.165, 1.54) is 12.8 Å². The molecule has 1 saturated carbocycles. The van der Waals surface area contributed by atoms with Crippen molar-refractivity contribution >= 4 is 28.4 Å². The fourth-order valence-electron chi connectivity index (χ4n) is 2.12. The lowest BCUT2D eigenvalue weighted by Crippen LogP contribution is -2.07. The van der Waals surface area contributed by atoms with Gasteiger partial charge in [0.15, 0.2) is 0 Å². The lowest BCUT2D eigenvalue weighted by Gasteiger charge is -2.13. The maximum absolute atomic E-state index is 6.00. The van der Waals surface area contributed by atoms with Crippen molar-refractivity contribution < 1.29 is 4.74 Å². The second-order valence-corrected chi connectivity index (χ2v) is 6.47. The molecule has 0 saturated heterocycles. The zero-order valence-electron chi connectivity index (χ0n) is 12.2. The van der Waals surface area contributed by atoms with Crippen LogP contribution in [0.25, 0.3) is 0 Å². The number of hydrogen-bond acceptors (Lipinski definition) is 4. The summed E-state index contributed by atoms with van der Waals surface area (Å²) in [7, 11) is 0. The van der Waals surface area contributed by atoms with E-state index < -0.39 is 0 Å². The summed E-state index contributed by atoms with van der Waals surface area (Å²) in [6.45, 7) is 4.90. The van der Waals surface area contributed by atoms with Gasteiger partial charge in [0.2, 0.25) is 5.88 Å². The van der Waals surface area contributed by atoms with Crippen molar-refractivity contribution in [2.75, 3.05) is 11.9 Å². The number of halogens is 1. The van der Waals surface area contributed by atoms with E-state index in [4.69, 9.17) is 4.74 Å². The third kappa shape index (κ3) is 3.45. The average molecular weight is 395 g/mol. The van der Waals surface area contributed by atoms with Gasteiger partial charge < -0.3 is 10.1 Å². The van der Waals surface area contributed by atoms with E-state index in [2.05, 4.69) is 44.8 Å². The molecule has 0 spiro atoms. The standard InChI is InChI=1S/C16H18IN3O/c1-3-18-14-10(2)16(20-15(19-14)11-7-8-11)21-13-6-4-5-12(17)9-13/h4-6,9,11H,3,7-8H2,1-2H3,(H,18,19,20). The van der Waals surface area contributed by atoms with Crippen LogP contribution in [0.2, 0.25) is 0 Å². The van der Waals surface area contributed by atoms with Crippen LogP contribution in [0.4, 0.5) is 5.82 Å². The minimum Gasteiger partial charge on any atom is -0.439 e. The van der Waals surface area contributed by atoms with E-state index in [1.54, 1.807) is 0 Å². The van der Waals surface area contributed by atoms with E-state index in [-0.39, 0.29) is 0 Å². The number of hydrogen-bond donors (Lipinski definition) is 1. The van der Waals surface area contributed by atoms with Crippen LogP contribution in [0, 0.1) is 10.5 Å². The highest BCUT2D eigenvalue weighted by molar-refractivity contribution is 14.1. The number of anilines is 1. The quantitative estimate of drug-likeness (QED) is 0.758. The van der Waals surface area contributed by atoms with Gasteiger partial charge in [0.1, 0.15) is 17.4 Å². The summed E-state index contributed by atoms with van der Waals surface area (Å²) in [5, 5.41) is 3.30. The van der Waals surface area contributed by atoms with Crippen LogP contribution < -0.4 is 10.1 Å². The zero-order valence-corrected chi connectivity index (χ0v) is 14.3. The van der Waals surface area contributed by atoms with Gasteiger partial charge in [-0.25, -0.2) is 4.98 Å². The number of ether oxygens (including phenoxy) is 1. The minimum atomic E-state index is 0.501. The van der Waals surface area contributed by atoms with Crippen molar-refractivity contribution in [3.05, 3.63) is 39.2 Å². The van der Waals surface area contributed by atoms with Gasteiger partial charge in [-0.15, -0.1) is 0 Å². The van der Waals surface area contributed by atoms with E-state index in [0.29, 0.717) is 11.8 Å². The first-order valence-electron chi connectivity index (χ1n) is 7.23. The monoisotopic (exact) mass is 395 g/mol. The number of benzene rings is 1. The molecule has 1 heterocycles. The van der Waals surface area contributed by atoms with Gasteiger partial charge in [0.25, 0.3) is 0 Å². The molecule has 4 nitrogen and oxygen atoms in total. The SMILES string of the molecule is CCNc1nc(C2CC2)nc(Oc2cccc(I)c2)c1C. The van der Waals surface area contributed by atoms with Crippen LogP contribution in [-0.2, 0) is 0 Å². The molecule has 2 aromatic rings.